The van der Waals surface area contributed by atoms with Gasteiger partial charge in [-0.05, 0) is 30.3 Å². The van der Waals surface area contributed by atoms with Gasteiger partial charge in [0.2, 0.25) is 0 Å². The molecule has 6 nitrogen and oxygen atoms in total. The fraction of sp³-hybridized carbons (Fsp3) is 0.0556. The van der Waals surface area contributed by atoms with Crippen LogP contribution >= 0.6 is 11.6 Å². The van der Waals surface area contributed by atoms with Crippen molar-refractivity contribution in [1.82, 2.24) is 9.97 Å². The second-order valence-electron chi connectivity index (χ2n) is 5.23. The molecule has 1 amide bonds. The molecule has 3 rings (SSSR count). The number of amides is 1. The molecule has 8 heteroatoms. The first-order valence-electron chi connectivity index (χ1n) is 7.54. The van der Waals surface area contributed by atoms with Crippen LogP contribution in [0.15, 0.2) is 54.9 Å². The third-order valence-electron chi connectivity index (χ3n) is 3.40. The van der Waals surface area contributed by atoms with Crippen LogP contribution in [0.1, 0.15) is 10.5 Å². The number of rotatable bonds is 5. The van der Waals surface area contributed by atoms with Crippen LogP contribution in [0, 0.1) is 5.82 Å². The number of ether oxygens (including phenoxy) is 1. The summed E-state index contributed by atoms with van der Waals surface area (Å²) in [4.78, 5) is 20.4. The largest absolute Gasteiger partial charge is 0.497 e. The second-order valence-corrected chi connectivity index (χ2v) is 5.63. The molecule has 1 heterocycles. The van der Waals surface area contributed by atoms with E-state index in [9.17, 15) is 9.18 Å². The van der Waals surface area contributed by atoms with E-state index in [2.05, 4.69) is 20.6 Å². The summed E-state index contributed by atoms with van der Waals surface area (Å²) in [5.74, 6) is 0.141. The highest BCUT2D eigenvalue weighted by Gasteiger charge is 2.10. The van der Waals surface area contributed by atoms with Gasteiger partial charge in [-0.25, -0.2) is 14.4 Å². The summed E-state index contributed by atoms with van der Waals surface area (Å²) in [6.45, 7) is 0. The Morgan fingerprint density at radius 1 is 1.12 bits per heavy atom. The number of benzene rings is 2. The van der Waals surface area contributed by atoms with Crippen LogP contribution in [0.3, 0.4) is 0 Å². The van der Waals surface area contributed by atoms with Crippen molar-refractivity contribution in [2.75, 3.05) is 17.7 Å². The third kappa shape index (κ3) is 4.25. The fourth-order valence-electron chi connectivity index (χ4n) is 2.13. The van der Waals surface area contributed by atoms with E-state index < -0.39 is 11.7 Å². The molecule has 0 aliphatic carbocycles. The molecule has 3 aromatic rings. The zero-order chi connectivity index (χ0) is 18.5. The molecule has 0 saturated heterocycles. The van der Waals surface area contributed by atoms with Gasteiger partial charge >= 0.3 is 0 Å². The lowest BCUT2D eigenvalue weighted by Crippen LogP contribution is -2.14. The van der Waals surface area contributed by atoms with E-state index in [1.807, 2.05) is 18.2 Å². The summed E-state index contributed by atoms with van der Waals surface area (Å²) in [7, 11) is 1.58. The molecule has 0 aliphatic heterocycles. The van der Waals surface area contributed by atoms with Crippen molar-refractivity contribution in [1.29, 1.82) is 0 Å². The van der Waals surface area contributed by atoms with Gasteiger partial charge in [-0.3, -0.25) is 4.79 Å². The molecule has 2 N–H and O–H groups in total. The van der Waals surface area contributed by atoms with Crippen LogP contribution in [0.25, 0.3) is 0 Å². The summed E-state index contributed by atoms with van der Waals surface area (Å²) >= 11 is 5.69. The topological polar surface area (TPSA) is 76.1 Å². The number of anilines is 3. The lowest BCUT2D eigenvalue weighted by atomic mass is 10.3. The van der Waals surface area contributed by atoms with Crippen molar-refractivity contribution >= 4 is 34.7 Å². The Kier molecular flexibility index (Phi) is 5.28. The van der Waals surface area contributed by atoms with Gasteiger partial charge in [-0.15, -0.1) is 0 Å². The highest BCUT2D eigenvalue weighted by atomic mass is 35.5. The summed E-state index contributed by atoms with van der Waals surface area (Å²) < 4.78 is 18.3. The normalized spacial score (nSPS) is 10.3. The van der Waals surface area contributed by atoms with Crippen LogP contribution in [-0.4, -0.2) is 23.0 Å². The number of nitrogens with one attached hydrogen (secondary N) is 2. The highest BCUT2D eigenvalue weighted by molar-refractivity contribution is 6.31. The molecule has 0 spiro atoms. The molecular weight excluding hydrogens is 359 g/mol. The Bertz CT molecular complexity index is 935. The number of carbonyl (C=O) groups excluding carboxylic acids is 1. The molecule has 2 aromatic carbocycles. The smallest absolute Gasteiger partial charge is 0.275 e. The molecular formula is C18H14ClFN4O2. The van der Waals surface area contributed by atoms with E-state index in [1.54, 1.807) is 13.2 Å². The maximum absolute atomic E-state index is 13.1. The van der Waals surface area contributed by atoms with Gasteiger partial charge < -0.3 is 15.4 Å². The lowest BCUT2D eigenvalue weighted by molar-refractivity contribution is 0.102. The minimum Gasteiger partial charge on any atom is -0.497 e. The Hall–Kier alpha value is -3.19. The minimum atomic E-state index is -0.558. The lowest BCUT2D eigenvalue weighted by Gasteiger charge is -2.08. The monoisotopic (exact) mass is 372 g/mol. The highest BCUT2D eigenvalue weighted by Crippen LogP contribution is 2.21. The van der Waals surface area contributed by atoms with Gasteiger partial charge in [0.25, 0.3) is 5.91 Å². The van der Waals surface area contributed by atoms with Crippen LogP contribution in [0.4, 0.5) is 21.6 Å². The number of hydrogen-bond donors (Lipinski definition) is 2. The number of halogens is 2. The fourth-order valence-corrected chi connectivity index (χ4v) is 2.31. The molecule has 1 aromatic heterocycles. The zero-order valence-electron chi connectivity index (χ0n) is 13.7. The van der Waals surface area contributed by atoms with E-state index >= 15 is 0 Å². The van der Waals surface area contributed by atoms with E-state index in [0.29, 0.717) is 17.3 Å². The van der Waals surface area contributed by atoms with Crippen LogP contribution in [0.5, 0.6) is 5.75 Å². The summed E-state index contributed by atoms with van der Waals surface area (Å²) in [5, 5.41) is 5.57. The summed E-state index contributed by atoms with van der Waals surface area (Å²) in [6, 6.07) is 11.2. The van der Waals surface area contributed by atoms with Crippen molar-refractivity contribution in [3.05, 3.63) is 71.4 Å². The number of hydrogen-bond acceptors (Lipinski definition) is 5. The maximum atomic E-state index is 13.1. The average Bonchev–Trinajstić information content (AvgIpc) is 2.65. The van der Waals surface area contributed by atoms with Crippen molar-refractivity contribution in [3.8, 4) is 5.75 Å². The number of nitrogens with zero attached hydrogens (tertiary/aromatic N) is 2. The number of carbonyl (C=O) groups is 1. The molecule has 0 fully saturated rings. The van der Waals surface area contributed by atoms with E-state index in [-0.39, 0.29) is 10.7 Å². The van der Waals surface area contributed by atoms with Gasteiger partial charge in [0.05, 0.1) is 24.5 Å². The number of aromatic nitrogens is 2. The first-order chi connectivity index (χ1) is 12.5. The van der Waals surface area contributed by atoms with Crippen LogP contribution in [0.2, 0.25) is 5.02 Å². The molecule has 0 saturated carbocycles. The zero-order valence-corrected chi connectivity index (χ0v) is 14.4. The van der Waals surface area contributed by atoms with Crippen molar-refractivity contribution in [2.24, 2.45) is 0 Å². The predicted octanol–water partition coefficient (Wildman–Crippen LogP) is 4.27. The van der Waals surface area contributed by atoms with Crippen LogP contribution < -0.4 is 15.4 Å². The number of methoxy groups -OCH3 is 1. The molecule has 0 radical (unpaired) electrons. The first-order valence-corrected chi connectivity index (χ1v) is 7.92. The van der Waals surface area contributed by atoms with E-state index in [0.717, 1.165) is 5.69 Å². The SMILES string of the molecule is COc1cccc(Nc2cnc(C(=O)Nc3ccc(F)c(Cl)c3)cn2)c1. The molecule has 0 atom stereocenters. The van der Waals surface area contributed by atoms with Gasteiger partial charge in [0, 0.05) is 17.4 Å². The average molecular weight is 373 g/mol. The Morgan fingerprint density at radius 2 is 1.96 bits per heavy atom. The van der Waals surface area contributed by atoms with Crippen LogP contribution in [-0.2, 0) is 0 Å². The molecule has 26 heavy (non-hydrogen) atoms. The van der Waals surface area contributed by atoms with Gasteiger partial charge in [0.15, 0.2) is 0 Å². The van der Waals surface area contributed by atoms with Crippen molar-refractivity contribution in [2.45, 2.75) is 0 Å². The Morgan fingerprint density at radius 3 is 2.65 bits per heavy atom. The third-order valence-corrected chi connectivity index (χ3v) is 3.69. The van der Waals surface area contributed by atoms with Crippen molar-refractivity contribution < 1.29 is 13.9 Å². The van der Waals surface area contributed by atoms with Gasteiger partial charge in [-0.2, -0.15) is 0 Å². The summed E-state index contributed by atoms with van der Waals surface area (Å²) in [5.41, 5.74) is 1.25. The Labute approximate surface area is 154 Å². The molecule has 132 valence electrons. The quantitative estimate of drug-likeness (QED) is 0.699. The van der Waals surface area contributed by atoms with Gasteiger partial charge in [0.1, 0.15) is 23.1 Å². The predicted molar refractivity (Wildman–Crippen MR) is 97.7 cm³/mol. The molecule has 0 unspecified atom stereocenters. The van der Waals surface area contributed by atoms with Gasteiger partial charge in [-0.1, -0.05) is 17.7 Å². The Balaban J connectivity index is 1.68. The molecule has 0 aliphatic rings. The first kappa shape index (κ1) is 17.6. The van der Waals surface area contributed by atoms with E-state index in [4.69, 9.17) is 16.3 Å². The minimum absolute atomic E-state index is 0.0771. The maximum Gasteiger partial charge on any atom is 0.275 e. The van der Waals surface area contributed by atoms with Crippen molar-refractivity contribution in [3.63, 3.8) is 0 Å². The van der Waals surface area contributed by atoms with E-state index in [1.165, 1.54) is 30.6 Å². The standard InChI is InChI=1S/C18H14ClFN4O2/c1-26-13-4-2-3-11(7-13)23-17-10-21-16(9-22-17)18(25)24-12-5-6-15(20)14(19)8-12/h2-10H,1H3,(H,22,23)(H,24,25). The summed E-state index contributed by atoms with van der Waals surface area (Å²) in [6.07, 6.45) is 2.77. The molecule has 0 bridgehead atoms. The second kappa shape index (κ2) is 7.79.